The molecule has 5 aromatic carbocycles. The zero-order chi connectivity index (χ0) is 47.7. The van der Waals surface area contributed by atoms with E-state index in [-0.39, 0.29) is 69.2 Å². The number of fused-ring (bicyclic) bond motifs is 1. The first-order valence-corrected chi connectivity index (χ1v) is 24.9. The second-order valence-corrected chi connectivity index (χ2v) is 19.2. The molecule has 355 valence electrons. The monoisotopic (exact) mass is 943 g/mol. The third-order valence-corrected chi connectivity index (χ3v) is 13.3. The maximum atomic E-state index is 14.2. The van der Waals surface area contributed by atoms with E-state index in [1.807, 2.05) is 44.0 Å². The van der Waals surface area contributed by atoms with Crippen LogP contribution >= 0.6 is 0 Å². The molecule has 12 nitrogen and oxygen atoms in total. The van der Waals surface area contributed by atoms with Crippen molar-refractivity contribution in [2.75, 3.05) is 30.9 Å². The van der Waals surface area contributed by atoms with Crippen LogP contribution in [0.2, 0.25) is 0 Å². The molecule has 14 heteroatoms. The van der Waals surface area contributed by atoms with Gasteiger partial charge in [0.2, 0.25) is 0 Å². The number of azo groups is 1. The summed E-state index contributed by atoms with van der Waals surface area (Å²) in [6, 6.07) is 24.2. The molecule has 0 spiro atoms. The van der Waals surface area contributed by atoms with Gasteiger partial charge in [0.05, 0.1) is 40.2 Å². The quantitative estimate of drug-likeness (QED) is 0.0138. The predicted octanol–water partition coefficient (Wildman–Crippen LogP) is 13.6. The van der Waals surface area contributed by atoms with Crippen LogP contribution in [0.15, 0.2) is 106 Å². The van der Waals surface area contributed by atoms with Gasteiger partial charge in [0.15, 0.2) is 0 Å². The first-order valence-electron chi connectivity index (χ1n) is 23.5. The molecule has 0 saturated carbocycles. The van der Waals surface area contributed by atoms with Gasteiger partial charge in [-0.15, -0.1) is 10.2 Å². The Bertz CT molecular complexity index is 2550. The van der Waals surface area contributed by atoms with Crippen molar-refractivity contribution in [3.05, 3.63) is 113 Å². The fourth-order valence-electron chi connectivity index (χ4n) is 8.35. The van der Waals surface area contributed by atoms with Gasteiger partial charge in [-0.25, -0.2) is 4.79 Å². The van der Waals surface area contributed by atoms with Gasteiger partial charge < -0.3 is 25.2 Å². The summed E-state index contributed by atoms with van der Waals surface area (Å²) < 4.78 is 39.6. The number of amides is 1. The number of unbranched alkanes of at least 4 members (excludes halogenated alkanes) is 15. The van der Waals surface area contributed by atoms with Crippen LogP contribution in [-0.2, 0) is 20.3 Å². The Labute approximate surface area is 419 Å². The van der Waals surface area contributed by atoms with Gasteiger partial charge in [0, 0.05) is 59.3 Å². The number of aromatic hydroxyl groups is 2. The number of carbonyl (C=O) groups excluding carboxylic acids is 2. The Morgan fingerprint density at radius 3 is 1.78 bits per heavy atom. The van der Waals surface area contributed by atoms with E-state index in [0.29, 0.717) is 23.0 Å². The summed E-state index contributed by atoms with van der Waals surface area (Å²) in [5.74, 6) is -1.57. The van der Waals surface area contributed by atoms with E-state index >= 15 is 0 Å². The standard InChI is InChI=1S/C53H68N4O8S.Na/c1-6-7-8-9-10-11-12-13-14-15-16-17-18-19-20-23-34-57(4)49-33-31-41(66(62,63)64)36-48(49)54-51(60)45-37-47(42-24-21-22-25-43(42)50(45)59)56-55-46-32-28-39(35-44(46)52(61)65-5)53(2,3)38-26-29-40(58)30-27-38;/h21-22,24-33,35-37,58-59H,6-20,23,34H2,1-5H3,(H,54,60)(H,62,63,64);. The molecule has 5 aromatic rings. The molecule has 4 N–H and O–H groups in total. The summed E-state index contributed by atoms with van der Waals surface area (Å²) in [5, 5.41) is 33.9. The van der Waals surface area contributed by atoms with Crippen molar-refractivity contribution in [2.24, 2.45) is 10.2 Å². The average molecular weight is 944 g/mol. The van der Waals surface area contributed by atoms with Crippen molar-refractivity contribution >= 4 is 85.1 Å². The second kappa shape index (κ2) is 26.7. The molecule has 0 heterocycles. The maximum Gasteiger partial charge on any atom is 0.340 e. The molecule has 5 rings (SSSR count). The minimum Gasteiger partial charge on any atom is -0.508 e. The summed E-state index contributed by atoms with van der Waals surface area (Å²) >= 11 is 0. The van der Waals surface area contributed by atoms with Gasteiger partial charge in [-0.3, -0.25) is 9.35 Å². The third-order valence-electron chi connectivity index (χ3n) is 12.5. The molecule has 67 heavy (non-hydrogen) atoms. The molecule has 0 aliphatic carbocycles. The minimum atomic E-state index is -4.62. The number of methoxy groups -OCH3 is 1. The van der Waals surface area contributed by atoms with Crippen LogP contribution < -0.4 is 10.2 Å². The van der Waals surface area contributed by atoms with Crippen LogP contribution in [0.5, 0.6) is 11.5 Å². The number of ether oxygens (including phenoxy) is 1. The largest absolute Gasteiger partial charge is 0.508 e. The van der Waals surface area contributed by atoms with Gasteiger partial charge in [0.25, 0.3) is 16.0 Å². The molecule has 0 fully saturated rings. The van der Waals surface area contributed by atoms with E-state index < -0.39 is 32.3 Å². The van der Waals surface area contributed by atoms with Crippen molar-refractivity contribution < 1.29 is 37.5 Å². The van der Waals surface area contributed by atoms with E-state index in [9.17, 15) is 32.8 Å². The van der Waals surface area contributed by atoms with Gasteiger partial charge >= 0.3 is 5.97 Å². The molecule has 0 saturated heterocycles. The van der Waals surface area contributed by atoms with Crippen molar-refractivity contribution in [3.63, 3.8) is 0 Å². The zero-order valence-electron chi connectivity index (χ0n) is 40.3. The van der Waals surface area contributed by atoms with E-state index in [1.54, 1.807) is 54.6 Å². The van der Waals surface area contributed by atoms with E-state index in [4.69, 9.17) is 4.74 Å². The number of anilines is 2. The van der Waals surface area contributed by atoms with Crippen LogP contribution in [0.3, 0.4) is 0 Å². The van der Waals surface area contributed by atoms with Crippen LogP contribution in [0.25, 0.3) is 10.8 Å². The van der Waals surface area contributed by atoms with Crippen molar-refractivity contribution in [3.8, 4) is 11.5 Å². The molecule has 0 aromatic heterocycles. The predicted molar refractivity (Wildman–Crippen MR) is 271 cm³/mol. The van der Waals surface area contributed by atoms with Crippen LogP contribution in [-0.4, -0.2) is 85.3 Å². The van der Waals surface area contributed by atoms with Crippen molar-refractivity contribution in [2.45, 2.75) is 134 Å². The summed E-state index contributed by atoms with van der Waals surface area (Å²) in [6.45, 7) is 6.88. The van der Waals surface area contributed by atoms with Gasteiger partial charge in [-0.1, -0.05) is 160 Å². The number of nitrogens with zero attached hydrogens (tertiary/aromatic N) is 3. The Hall–Kier alpha value is -4.79. The molecular weight excluding hydrogens is 876 g/mol. The van der Waals surface area contributed by atoms with Crippen LogP contribution in [0, 0.1) is 0 Å². The van der Waals surface area contributed by atoms with Gasteiger partial charge in [-0.05, 0) is 66.1 Å². The number of carbonyl (C=O) groups is 2. The number of esters is 1. The maximum absolute atomic E-state index is 14.2. The van der Waals surface area contributed by atoms with Crippen molar-refractivity contribution in [1.82, 2.24) is 0 Å². The zero-order valence-corrected chi connectivity index (χ0v) is 43.1. The summed E-state index contributed by atoms with van der Waals surface area (Å²) in [6.07, 6.45) is 20.2. The fourth-order valence-corrected chi connectivity index (χ4v) is 8.86. The van der Waals surface area contributed by atoms with Crippen LogP contribution in [0.1, 0.15) is 155 Å². The molecule has 0 unspecified atom stereocenters. The summed E-state index contributed by atoms with van der Waals surface area (Å²) in [7, 11) is -1.48. The number of phenols is 2. The topological polar surface area (TPSA) is 178 Å². The Kier molecular flexibility index (Phi) is 21.8. The summed E-state index contributed by atoms with van der Waals surface area (Å²) in [5.41, 5.74) is 2.20. The molecule has 1 radical (unpaired) electrons. The normalized spacial score (nSPS) is 11.7. The first kappa shape index (κ1) is 54.8. The number of hydrogen-bond donors (Lipinski definition) is 4. The molecule has 0 aliphatic heterocycles. The number of phenolic OH excluding ortho intramolecular Hbond substituents is 2. The minimum absolute atomic E-state index is 0. The van der Waals surface area contributed by atoms with E-state index in [1.165, 1.54) is 109 Å². The second-order valence-electron chi connectivity index (χ2n) is 17.8. The Morgan fingerprint density at radius 2 is 1.21 bits per heavy atom. The molecule has 0 bridgehead atoms. The van der Waals surface area contributed by atoms with Crippen LogP contribution in [0.4, 0.5) is 22.7 Å². The molecular formula is C53H68N4NaO8S. The fraction of sp³-hybridized carbons (Fsp3) is 0.434. The number of benzene rings is 5. The Balaban J connectivity index is 0.00000980. The third kappa shape index (κ3) is 15.6. The smallest absolute Gasteiger partial charge is 0.340 e. The first-order chi connectivity index (χ1) is 31.6. The van der Waals surface area contributed by atoms with E-state index in [0.717, 1.165) is 30.4 Å². The van der Waals surface area contributed by atoms with Crippen molar-refractivity contribution in [1.29, 1.82) is 0 Å². The molecule has 0 atom stereocenters. The number of rotatable bonds is 26. The molecule has 0 aliphatic rings. The van der Waals surface area contributed by atoms with E-state index in [2.05, 4.69) is 22.5 Å². The number of hydrogen-bond acceptors (Lipinski definition) is 10. The average Bonchev–Trinajstić information content (AvgIpc) is 3.30. The van der Waals surface area contributed by atoms with Gasteiger partial charge in [-0.2, -0.15) is 8.42 Å². The number of nitrogens with one attached hydrogen (secondary N) is 1. The van der Waals surface area contributed by atoms with Gasteiger partial charge in [0.1, 0.15) is 17.2 Å². The summed E-state index contributed by atoms with van der Waals surface area (Å²) in [4.78, 5) is 28.8. The SMILES string of the molecule is CCCCCCCCCCCCCCCCCCN(C)c1ccc(S(=O)(=O)O)cc1NC(=O)c1cc(N=Nc2ccc(C(C)(C)c3ccc(O)cc3)cc2C(=O)OC)c2ccccc2c1O.[Na]. The molecule has 1 amide bonds. The Morgan fingerprint density at radius 1 is 0.672 bits per heavy atom.